The fourth-order valence-corrected chi connectivity index (χ4v) is 3.21. The van der Waals surface area contributed by atoms with Gasteiger partial charge in [0.15, 0.2) is 0 Å². The number of hydrogen-bond acceptors (Lipinski definition) is 3. The van der Waals surface area contributed by atoms with Crippen LogP contribution in [0.2, 0.25) is 0 Å². The molecule has 1 unspecified atom stereocenters. The number of nitrogens with zero attached hydrogens (tertiary/aromatic N) is 3. The number of halogens is 2. The maximum atomic E-state index is 12.8. The van der Waals surface area contributed by atoms with E-state index in [2.05, 4.69) is 32.9 Å². The molecule has 7 heteroatoms. The Hall–Kier alpha value is -1.12. The van der Waals surface area contributed by atoms with Gasteiger partial charge in [0.25, 0.3) is 5.91 Å². The second kappa shape index (κ2) is 7.43. The number of carbonyl (C=O) groups excluding carboxylic acids is 1. The van der Waals surface area contributed by atoms with Crippen LogP contribution in [0.3, 0.4) is 0 Å². The Kier molecular flexibility index (Phi) is 5.82. The quantitative estimate of drug-likeness (QED) is 0.741. The third-order valence-electron chi connectivity index (χ3n) is 3.73. The van der Waals surface area contributed by atoms with Gasteiger partial charge >= 0.3 is 0 Å². The molecule has 0 spiro atoms. The molecule has 1 aromatic carbocycles. The average Bonchev–Trinajstić information content (AvgIpc) is 2.92. The van der Waals surface area contributed by atoms with E-state index in [4.69, 9.17) is 0 Å². The molecule has 22 heavy (non-hydrogen) atoms. The first-order valence-electron chi connectivity index (χ1n) is 6.91. The number of carbonyl (C=O) groups is 1. The number of imidazole rings is 1. The molecule has 2 aromatic rings. The summed E-state index contributed by atoms with van der Waals surface area (Å²) < 4.78 is 3.05. The number of benzene rings is 1. The molecule has 5 nitrogen and oxygen atoms in total. The molecule has 1 aromatic heterocycles. The lowest BCUT2D eigenvalue weighted by molar-refractivity contribution is 0.0621. The van der Waals surface area contributed by atoms with E-state index in [0.717, 1.165) is 28.0 Å². The molecule has 1 fully saturated rings. The van der Waals surface area contributed by atoms with Gasteiger partial charge in [0, 0.05) is 48.2 Å². The van der Waals surface area contributed by atoms with Crippen LogP contribution < -0.4 is 5.32 Å². The second-order valence-electron chi connectivity index (χ2n) is 5.13. The standard InChI is InChI=1S/C15H17IN4O.ClH/c1-19-7-6-18-14(19)13-10-17-5-8-20(13)15(21)11-3-2-4-12(16)9-11;/h2-4,6-7,9,13,17H,5,8,10H2,1H3;1H. The van der Waals surface area contributed by atoms with Crippen molar-refractivity contribution in [3.05, 3.63) is 51.6 Å². The molecule has 118 valence electrons. The van der Waals surface area contributed by atoms with Crippen molar-refractivity contribution >= 4 is 40.9 Å². The van der Waals surface area contributed by atoms with E-state index in [1.54, 1.807) is 6.20 Å². The SMILES string of the molecule is Cl.Cn1ccnc1C1CNCCN1C(=O)c1cccc(I)c1. The number of nitrogens with one attached hydrogen (secondary N) is 1. The van der Waals surface area contributed by atoms with Crippen molar-refractivity contribution in [2.75, 3.05) is 19.6 Å². The number of piperazine rings is 1. The van der Waals surface area contributed by atoms with Gasteiger partial charge in [0.1, 0.15) is 11.9 Å². The zero-order valence-electron chi connectivity index (χ0n) is 12.2. The molecule has 2 heterocycles. The summed E-state index contributed by atoms with van der Waals surface area (Å²) in [7, 11) is 1.96. The number of aryl methyl sites for hydroxylation is 1. The molecule has 0 saturated carbocycles. The molecule has 0 radical (unpaired) electrons. The Morgan fingerprint density at radius 3 is 2.95 bits per heavy atom. The number of amides is 1. The van der Waals surface area contributed by atoms with Crippen molar-refractivity contribution in [1.82, 2.24) is 19.8 Å². The van der Waals surface area contributed by atoms with Crippen LogP contribution in [0, 0.1) is 3.57 Å². The molecule has 1 saturated heterocycles. The normalized spacial score (nSPS) is 17.9. The van der Waals surface area contributed by atoms with Crippen LogP contribution in [-0.4, -0.2) is 40.0 Å². The summed E-state index contributed by atoms with van der Waals surface area (Å²) in [6.07, 6.45) is 3.69. The van der Waals surface area contributed by atoms with E-state index in [1.807, 2.05) is 47.0 Å². The summed E-state index contributed by atoms with van der Waals surface area (Å²) in [6, 6.07) is 7.70. The predicted molar refractivity (Wildman–Crippen MR) is 96.3 cm³/mol. The van der Waals surface area contributed by atoms with Gasteiger partial charge in [-0.2, -0.15) is 0 Å². The molecule has 1 aliphatic rings. The van der Waals surface area contributed by atoms with E-state index >= 15 is 0 Å². The maximum Gasteiger partial charge on any atom is 0.254 e. The van der Waals surface area contributed by atoms with Crippen molar-refractivity contribution in [2.45, 2.75) is 6.04 Å². The lowest BCUT2D eigenvalue weighted by atomic mass is 10.1. The van der Waals surface area contributed by atoms with Crippen LogP contribution >= 0.6 is 35.0 Å². The maximum absolute atomic E-state index is 12.8. The van der Waals surface area contributed by atoms with Gasteiger partial charge in [0.05, 0.1) is 0 Å². The summed E-state index contributed by atoms with van der Waals surface area (Å²) in [5.41, 5.74) is 0.739. The minimum Gasteiger partial charge on any atom is -0.336 e. The van der Waals surface area contributed by atoms with Crippen molar-refractivity contribution in [2.24, 2.45) is 7.05 Å². The topological polar surface area (TPSA) is 50.2 Å². The molecule has 1 atom stereocenters. The molecule has 0 bridgehead atoms. The molecule has 3 rings (SSSR count). The second-order valence-corrected chi connectivity index (χ2v) is 6.37. The first-order chi connectivity index (χ1) is 10.2. The molecule has 1 amide bonds. The highest BCUT2D eigenvalue weighted by atomic mass is 127. The van der Waals surface area contributed by atoms with Gasteiger partial charge in [-0.1, -0.05) is 6.07 Å². The fraction of sp³-hybridized carbons (Fsp3) is 0.333. The highest BCUT2D eigenvalue weighted by Gasteiger charge is 2.30. The number of hydrogen-bond donors (Lipinski definition) is 1. The monoisotopic (exact) mass is 432 g/mol. The summed E-state index contributed by atoms with van der Waals surface area (Å²) >= 11 is 2.23. The lowest BCUT2D eigenvalue weighted by Crippen LogP contribution is -2.49. The first-order valence-corrected chi connectivity index (χ1v) is 7.99. The highest BCUT2D eigenvalue weighted by molar-refractivity contribution is 14.1. The number of rotatable bonds is 2. The van der Waals surface area contributed by atoms with Gasteiger partial charge in [-0.3, -0.25) is 4.79 Å². The Balaban J connectivity index is 0.00000176. The van der Waals surface area contributed by atoms with E-state index in [9.17, 15) is 4.79 Å². The molecule has 1 aliphatic heterocycles. The van der Waals surface area contributed by atoms with Gasteiger partial charge in [-0.25, -0.2) is 4.98 Å². The van der Waals surface area contributed by atoms with Gasteiger partial charge in [-0.05, 0) is 40.8 Å². The molecular formula is C15H18ClIN4O. The van der Waals surface area contributed by atoms with Crippen LogP contribution in [0.4, 0.5) is 0 Å². The van der Waals surface area contributed by atoms with Crippen LogP contribution in [0.1, 0.15) is 22.2 Å². The summed E-state index contributed by atoms with van der Waals surface area (Å²) in [5.74, 6) is 0.990. The Bertz CT molecular complexity index is 660. The van der Waals surface area contributed by atoms with E-state index in [-0.39, 0.29) is 24.4 Å². The van der Waals surface area contributed by atoms with Crippen LogP contribution in [0.25, 0.3) is 0 Å². The van der Waals surface area contributed by atoms with E-state index in [1.165, 1.54) is 0 Å². The van der Waals surface area contributed by atoms with Gasteiger partial charge < -0.3 is 14.8 Å². The zero-order valence-corrected chi connectivity index (χ0v) is 15.2. The molecule has 0 aliphatic carbocycles. The number of aromatic nitrogens is 2. The average molecular weight is 433 g/mol. The van der Waals surface area contributed by atoms with Crippen molar-refractivity contribution < 1.29 is 4.79 Å². The van der Waals surface area contributed by atoms with Crippen LogP contribution in [0.15, 0.2) is 36.7 Å². The highest BCUT2D eigenvalue weighted by Crippen LogP contribution is 2.23. The van der Waals surface area contributed by atoms with Crippen LogP contribution in [0.5, 0.6) is 0 Å². The third kappa shape index (κ3) is 3.44. The lowest BCUT2D eigenvalue weighted by Gasteiger charge is -2.35. The van der Waals surface area contributed by atoms with E-state index < -0.39 is 0 Å². The van der Waals surface area contributed by atoms with Gasteiger partial charge in [0.2, 0.25) is 0 Å². The Morgan fingerprint density at radius 1 is 1.45 bits per heavy atom. The van der Waals surface area contributed by atoms with Crippen molar-refractivity contribution in [3.63, 3.8) is 0 Å². The molecule has 1 N–H and O–H groups in total. The first kappa shape index (κ1) is 17.2. The minimum atomic E-state index is -0.0240. The van der Waals surface area contributed by atoms with Crippen molar-refractivity contribution in [3.8, 4) is 0 Å². The minimum absolute atomic E-state index is 0. The largest absolute Gasteiger partial charge is 0.336 e. The summed E-state index contributed by atoms with van der Waals surface area (Å²) in [4.78, 5) is 19.2. The van der Waals surface area contributed by atoms with Crippen molar-refractivity contribution in [1.29, 1.82) is 0 Å². The van der Waals surface area contributed by atoms with Gasteiger partial charge in [-0.15, -0.1) is 12.4 Å². The molecular weight excluding hydrogens is 415 g/mol. The Labute approximate surface area is 149 Å². The summed E-state index contributed by atoms with van der Waals surface area (Å²) in [6.45, 7) is 2.25. The van der Waals surface area contributed by atoms with E-state index in [0.29, 0.717) is 6.54 Å². The summed E-state index contributed by atoms with van der Waals surface area (Å²) in [5, 5.41) is 3.35. The van der Waals surface area contributed by atoms with Crippen LogP contribution in [-0.2, 0) is 7.05 Å². The predicted octanol–water partition coefficient (Wildman–Crippen LogP) is 2.23. The smallest absolute Gasteiger partial charge is 0.254 e. The fourth-order valence-electron chi connectivity index (χ4n) is 2.66. The third-order valence-corrected chi connectivity index (χ3v) is 4.40. The Morgan fingerprint density at radius 2 is 2.27 bits per heavy atom. The zero-order chi connectivity index (χ0) is 14.8.